The predicted molar refractivity (Wildman–Crippen MR) is 91.4 cm³/mol. The Morgan fingerprint density at radius 2 is 1.88 bits per heavy atom. The average Bonchev–Trinajstić information content (AvgIpc) is 3.37. The van der Waals surface area contributed by atoms with Gasteiger partial charge in [0.1, 0.15) is 11.6 Å². The van der Waals surface area contributed by atoms with Crippen LogP contribution < -0.4 is 16.0 Å². The van der Waals surface area contributed by atoms with Gasteiger partial charge in [-0.2, -0.15) is 23.1 Å². The van der Waals surface area contributed by atoms with Crippen LogP contribution in [0.4, 0.5) is 36.4 Å². The standard InChI is InChI=1S/C17H18F3N5/c1-10(11-3-4-11)25(2)15-9-14(21)23-16(24-15)22-13-7-5-12(6-8-13)17(18,19)20/h5-9,11H,1,3-4H2,2H3,(H3,21,22,23,24). The highest BCUT2D eigenvalue weighted by Gasteiger charge is 2.30. The smallest absolute Gasteiger partial charge is 0.383 e. The van der Waals surface area contributed by atoms with Crippen LogP contribution in [0.15, 0.2) is 42.6 Å². The molecule has 0 bridgehead atoms. The molecule has 132 valence electrons. The molecule has 5 nitrogen and oxygen atoms in total. The second kappa shape index (κ2) is 6.27. The summed E-state index contributed by atoms with van der Waals surface area (Å²) in [6.07, 6.45) is -2.15. The Bertz CT molecular complexity index is 782. The van der Waals surface area contributed by atoms with Crippen LogP contribution in [-0.2, 0) is 6.18 Å². The molecule has 3 N–H and O–H groups in total. The fraction of sp³-hybridized carbons (Fsp3) is 0.294. The Balaban J connectivity index is 1.79. The van der Waals surface area contributed by atoms with Gasteiger partial charge in [-0.15, -0.1) is 0 Å². The Morgan fingerprint density at radius 3 is 2.44 bits per heavy atom. The largest absolute Gasteiger partial charge is 0.416 e. The summed E-state index contributed by atoms with van der Waals surface area (Å²) in [6.45, 7) is 4.07. The van der Waals surface area contributed by atoms with Crippen molar-refractivity contribution in [2.24, 2.45) is 5.92 Å². The zero-order valence-corrected chi connectivity index (χ0v) is 13.6. The zero-order chi connectivity index (χ0) is 18.2. The van der Waals surface area contributed by atoms with E-state index in [9.17, 15) is 13.2 Å². The molecular formula is C17H18F3N5. The number of nitrogen functional groups attached to an aromatic ring is 1. The van der Waals surface area contributed by atoms with E-state index in [4.69, 9.17) is 5.73 Å². The first-order valence-electron chi connectivity index (χ1n) is 7.75. The molecule has 2 aromatic rings. The van der Waals surface area contributed by atoms with Gasteiger partial charge in [-0.25, -0.2) is 0 Å². The lowest BCUT2D eigenvalue weighted by atomic mass is 10.2. The fourth-order valence-electron chi connectivity index (χ4n) is 2.39. The van der Waals surface area contributed by atoms with E-state index in [2.05, 4.69) is 21.9 Å². The quantitative estimate of drug-likeness (QED) is 0.848. The van der Waals surface area contributed by atoms with Gasteiger partial charge >= 0.3 is 6.18 Å². The summed E-state index contributed by atoms with van der Waals surface area (Å²) in [5, 5.41) is 2.88. The van der Waals surface area contributed by atoms with E-state index in [1.54, 1.807) is 6.07 Å². The molecule has 0 saturated heterocycles. The molecular weight excluding hydrogens is 331 g/mol. The zero-order valence-electron chi connectivity index (χ0n) is 13.6. The molecule has 0 atom stereocenters. The monoisotopic (exact) mass is 349 g/mol. The molecule has 0 amide bonds. The number of alkyl halides is 3. The summed E-state index contributed by atoms with van der Waals surface area (Å²) >= 11 is 0. The lowest BCUT2D eigenvalue weighted by Crippen LogP contribution is -2.19. The van der Waals surface area contributed by atoms with E-state index < -0.39 is 11.7 Å². The highest BCUT2D eigenvalue weighted by Crippen LogP contribution is 2.38. The van der Waals surface area contributed by atoms with E-state index >= 15 is 0 Å². The van der Waals surface area contributed by atoms with Gasteiger partial charge in [0.15, 0.2) is 0 Å². The van der Waals surface area contributed by atoms with E-state index in [1.807, 2.05) is 11.9 Å². The van der Waals surface area contributed by atoms with Gasteiger partial charge < -0.3 is 16.0 Å². The molecule has 1 aromatic heterocycles. The van der Waals surface area contributed by atoms with Crippen LogP contribution in [-0.4, -0.2) is 17.0 Å². The van der Waals surface area contributed by atoms with Crippen molar-refractivity contribution in [3.8, 4) is 0 Å². The maximum Gasteiger partial charge on any atom is 0.416 e. The number of anilines is 4. The number of aromatic nitrogens is 2. The summed E-state index contributed by atoms with van der Waals surface area (Å²) in [7, 11) is 1.85. The number of nitrogens with two attached hydrogens (primary N) is 1. The van der Waals surface area contributed by atoms with Crippen LogP contribution in [0.2, 0.25) is 0 Å². The van der Waals surface area contributed by atoms with Crippen LogP contribution in [0.25, 0.3) is 0 Å². The van der Waals surface area contributed by atoms with Crippen molar-refractivity contribution < 1.29 is 13.2 Å². The number of hydrogen-bond acceptors (Lipinski definition) is 5. The summed E-state index contributed by atoms with van der Waals surface area (Å²) in [5.74, 6) is 1.52. The van der Waals surface area contributed by atoms with Crippen molar-refractivity contribution in [3.05, 3.63) is 48.2 Å². The maximum absolute atomic E-state index is 12.6. The van der Waals surface area contributed by atoms with E-state index in [-0.39, 0.29) is 11.8 Å². The minimum Gasteiger partial charge on any atom is -0.383 e. The van der Waals surface area contributed by atoms with Gasteiger partial charge in [-0.05, 0) is 43.0 Å². The Morgan fingerprint density at radius 1 is 1.24 bits per heavy atom. The van der Waals surface area contributed by atoms with E-state index in [0.29, 0.717) is 17.4 Å². The first-order chi connectivity index (χ1) is 11.7. The summed E-state index contributed by atoms with van der Waals surface area (Å²) in [6, 6.07) is 6.27. The van der Waals surface area contributed by atoms with Gasteiger partial charge in [0, 0.05) is 24.5 Å². The van der Waals surface area contributed by atoms with Gasteiger partial charge in [-0.3, -0.25) is 0 Å². The lowest BCUT2D eigenvalue weighted by Gasteiger charge is -2.21. The van der Waals surface area contributed by atoms with Crippen molar-refractivity contribution in [2.75, 3.05) is 23.0 Å². The molecule has 8 heteroatoms. The predicted octanol–water partition coefficient (Wildman–Crippen LogP) is 4.18. The first kappa shape index (κ1) is 17.1. The first-order valence-corrected chi connectivity index (χ1v) is 7.75. The van der Waals surface area contributed by atoms with Crippen molar-refractivity contribution in [3.63, 3.8) is 0 Å². The molecule has 1 aromatic carbocycles. The molecule has 0 spiro atoms. The molecule has 0 aliphatic heterocycles. The number of nitrogens with zero attached hydrogens (tertiary/aromatic N) is 3. The third-order valence-electron chi connectivity index (χ3n) is 4.02. The van der Waals surface area contributed by atoms with Gasteiger partial charge in [-0.1, -0.05) is 6.58 Å². The van der Waals surface area contributed by atoms with Crippen LogP contribution in [0.3, 0.4) is 0 Å². The maximum atomic E-state index is 12.6. The number of benzene rings is 1. The number of allylic oxidation sites excluding steroid dienone is 1. The van der Waals surface area contributed by atoms with Crippen LogP contribution in [0.1, 0.15) is 18.4 Å². The Kier molecular flexibility index (Phi) is 4.28. The number of halogens is 3. The molecule has 1 aliphatic carbocycles. The second-order valence-electron chi connectivity index (χ2n) is 6.00. The summed E-state index contributed by atoms with van der Waals surface area (Å²) in [5.41, 5.74) is 6.51. The number of hydrogen-bond donors (Lipinski definition) is 2. The Hall–Kier alpha value is -2.77. The fourth-order valence-corrected chi connectivity index (χ4v) is 2.39. The highest BCUT2D eigenvalue weighted by molar-refractivity contribution is 5.60. The minimum atomic E-state index is -4.37. The van der Waals surface area contributed by atoms with Gasteiger partial charge in [0.05, 0.1) is 5.56 Å². The molecule has 1 fully saturated rings. The summed E-state index contributed by atoms with van der Waals surface area (Å²) in [4.78, 5) is 10.3. The van der Waals surface area contributed by atoms with Gasteiger partial charge in [0.2, 0.25) is 5.95 Å². The highest BCUT2D eigenvalue weighted by atomic mass is 19.4. The van der Waals surface area contributed by atoms with Crippen LogP contribution in [0.5, 0.6) is 0 Å². The van der Waals surface area contributed by atoms with Crippen molar-refractivity contribution in [1.82, 2.24) is 9.97 Å². The molecule has 3 rings (SSSR count). The topological polar surface area (TPSA) is 67.1 Å². The Labute approximate surface area is 143 Å². The van der Waals surface area contributed by atoms with E-state index in [0.717, 1.165) is 30.7 Å². The minimum absolute atomic E-state index is 0.213. The third kappa shape index (κ3) is 4.01. The molecule has 0 unspecified atom stereocenters. The molecule has 1 aliphatic rings. The summed E-state index contributed by atoms with van der Waals surface area (Å²) < 4.78 is 37.8. The molecule has 1 heterocycles. The van der Waals surface area contributed by atoms with E-state index in [1.165, 1.54) is 12.1 Å². The number of nitrogens with one attached hydrogen (secondary N) is 1. The van der Waals surface area contributed by atoms with Crippen molar-refractivity contribution in [2.45, 2.75) is 19.0 Å². The molecule has 1 saturated carbocycles. The van der Waals surface area contributed by atoms with Gasteiger partial charge in [0.25, 0.3) is 0 Å². The van der Waals surface area contributed by atoms with Crippen molar-refractivity contribution >= 4 is 23.3 Å². The van der Waals surface area contributed by atoms with Crippen LogP contribution >= 0.6 is 0 Å². The van der Waals surface area contributed by atoms with Crippen LogP contribution in [0, 0.1) is 5.92 Å². The third-order valence-corrected chi connectivity index (χ3v) is 4.02. The average molecular weight is 349 g/mol. The lowest BCUT2D eigenvalue weighted by molar-refractivity contribution is -0.137. The normalized spacial score (nSPS) is 14.2. The van der Waals surface area contributed by atoms with Crippen molar-refractivity contribution in [1.29, 1.82) is 0 Å². The SMILES string of the molecule is C=C(C1CC1)N(C)c1cc(N)nc(Nc2ccc(C(F)(F)F)cc2)n1. The molecule has 25 heavy (non-hydrogen) atoms. The second-order valence-corrected chi connectivity index (χ2v) is 6.00. The number of rotatable bonds is 5. The molecule has 0 radical (unpaired) electrons.